The van der Waals surface area contributed by atoms with E-state index in [1.807, 2.05) is 6.07 Å². The van der Waals surface area contributed by atoms with Crippen molar-refractivity contribution in [2.24, 2.45) is 11.8 Å². The Hall–Kier alpha value is -0.390. The molecule has 3 nitrogen and oxygen atoms in total. The molecule has 0 amide bonds. The summed E-state index contributed by atoms with van der Waals surface area (Å²) in [5.74, 6) is -1.83. The molecule has 0 aromatic heterocycles. The molecule has 3 atom stereocenters. The van der Waals surface area contributed by atoms with Crippen molar-refractivity contribution in [3.8, 4) is 0 Å². The number of halogens is 2. The van der Waals surface area contributed by atoms with E-state index in [0.717, 1.165) is 8.95 Å². The number of aliphatic hydroxyl groups excluding tert-OH is 1. The zero-order valence-electron chi connectivity index (χ0n) is 9.52. The maximum absolute atomic E-state index is 10.9. The van der Waals surface area contributed by atoms with Gasteiger partial charge in [-0.2, -0.15) is 0 Å². The first-order chi connectivity index (χ1) is 7.84. The Bertz CT molecular complexity index is 420. The number of aliphatic hydroxyl groups is 1. The molecule has 17 heavy (non-hydrogen) atoms. The summed E-state index contributed by atoms with van der Waals surface area (Å²) in [4.78, 5) is 10.9. The van der Waals surface area contributed by atoms with Crippen molar-refractivity contribution in [3.05, 3.63) is 32.7 Å². The summed E-state index contributed by atoms with van der Waals surface area (Å²) in [6.45, 7) is 3.34. The van der Waals surface area contributed by atoms with Gasteiger partial charge in [-0.15, -0.1) is 0 Å². The van der Waals surface area contributed by atoms with Crippen molar-refractivity contribution in [1.82, 2.24) is 0 Å². The van der Waals surface area contributed by atoms with Gasteiger partial charge in [0, 0.05) is 8.95 Å². The third-order valence-electron chi connectivity index (χ3n) is 2.96. The molecule has 3 unspecified atom stereocenters. The predicted molar refractivity (Wildman–Crippen MR) is 72.8 cm³/mol. The highest BCUT2D eigenvalue weighted by Crippen LogP contribution is 2.32. The number of aliphatic carboxylic acids is 1. The van der Waals surface area contributed by atoms with Crippen molar-refractivity contribution in [2.45, 2.75) is 20.0 Å². The van der Waals surface area contributed by atoms with Crippen LogP contribution in [-0.4, -0.2) is 16.2 Å². The van der Waals surface area contributed by atoms with E-state index in [9.17, 15) is 9.90 Å². The number of hydrogen-bond donors (Lipinski definition) is 2. The predicted octanol–water partition coefficient (Wildman–Crippen LogP) is 3.60. The minimum Gasteiger partial charge on any atom is -0.481 e. The molecule has 0 aliphatic rings. The van der Waals surface area contributed by atoms with Gasteiger partial charge in [-0.05, 0) is 55.5 Å². The second-order valence-corrected chi connectivity index (χ2v) is 5.81. The lowest BCUT2D eigenvalue weighted by Crippen LogP contribution is -2.23. The molecule has 5 heteroatoms. The van der Waals surface area contributed by atoms with Crippen LogP contribution < -0.4 is 0 Å². The third kappa shape index (κ3) is 3.53. The van der Waals surface area contributed by atoms with E-state index in [0.29, 0.717) is 5.56 Å². The van der Waals surface area contributed by atoms with Gasteiger partial charge in [-0.1, -0.05) is 19.9 Å². The molecule has 0 heterocycles. The molecule has 0 aliphatic carbocycles. The van der Waals surface area contributed by atoms with Gasteiger partial charge >= 0.3 is 5.97 Å². The lowest BCUT2D eigenvalue weighted by atomic mass is 9.87. The molecular formula is C12H14Br2O3. The van der Waals surface area contributed by atoms with Crippen LogP contribution in [-0.2, 0) is 4.79 Å². The average Bonchev–Trinajstić information content (AvgIpc) is 2.29. The second-order valence-electron chi connectivity index (χ2n) is 4.10. The minimum atomic E-state index is -0.896. The van der Waals surface area contributed by atoms with Crippen LogP contribution in [0, 0.1) is 11.8 Å². The maximum Gasteiger partial charge on any atom is 0.306 e. The smallest absolute Gasteiger partial charge is 0.306 e. The average molecular weight is 366 g/mol. The Morgan fingerprint density at radius 3 is 2.29 bits per heavy atom. The second kappa shape index (κ2) is 5.98. The number of carbonyl (C=O) groups is 1. The Labute approximate surface area is 117 Å². The first-order valence-corrected chi connectivity index (χ1v) is 6.79. The van der Waals surface area contributed by atoms with Crippen LogP contribution in [0.5, 0.6) is 0 Å². The lowest BCUT2D eigenvalue weighted by Gasteiger charge is -2.22. The van der Waals surface area contributed by atoms with Crippen LogP contribution >= 0.6 is 31.9 Å². The molecular weight excluding hydrogens is 352 g/mol. The van der Waals surface area contributed by atoms with Gasteiger partial charge in [-0.25, -0.2) is 0 Å². The molecule has 2 N–H and O–H groups in total. The van der Waals surface area contributed by atoms with Gasteiger partial charge in [0.05, 0.1) is 12.0 Å². The fourth-order valence-corrected chi connectivity index (χ4v) is 2.14. The molecule has 1 aromatic carbocycles. The highest BCUT2D eigenvalue weighted by molar-refractivity contribution is 9.13. The summed E-state index contributed by atoms with van der Waals surface area (Å²) in [6.07, 6.45) is -0.787. The standard InChI is InChI=1S/C12H14Br2O3/c1-6(7(2)12(16)17)11(15)8-3-4-9(13)10(14)5-8/h3-7,11,15H,1-2H3,(H,16,17). The Kier molecular flexibility index (Phi) is 5.16. The number of benzene rings is 1. The summed E-state index contributed by atoms with van der Waals surface area (Å²) < 4.78 is 1.73. The Morgan fingerprint density at radius 1 is 1.24 bits per heavy atom. The van der Waals surface area contributed by atoms with E-state index >= 15 is 0 Å². The lowest BCUT2D eigenvalue weighted by molar-refractivity contribution is -0.144. The highest BCUT2D eigenvalue weighted by atomic mass is 79.9. The summed E-state index contributed by atoms with van der Waals surface area (Å²) in [6, 6.07) is 5.39. The molecule has 0 bridgehead atoms. The van der Waals surface area contributed by atoms with Gasteiger partial charge in [-0.3, -0.25) is 4.79 Å². The van der Waals surface area contributed by atoms with Crippen LogP contribution in [0.2, 0.25) is 0 Å². The number of carboxylic acid groups (broad SMARTS) is 1. The van der Waals surface area contributed by atoms with Crippen molar-refractivity contribution < 1.29 is 15.0 Å². The van der Waals surface area contributed by atoms with E-state index in [4.69, 9.17) is 5.11 Å². The highest BCUT2D eigenvalue weighted by Gasteiger charge is 2.27. The fourth-order valence-electron chi connectivity index (χ4n) is 1.50. The first-order valence-electron chi connectivity index (χ1n) is 5.20. The fraction of sp³-hybridized carbons (Fsp3) is 0.417. The van der Waals surface area contributed by atoms with Crippen molar-refractivity contribution in [1.29, 1.82) is 0 Å². The minimum absolute atomic E-state index is 0.347. The van der Waals surface area contributed by atoms with Crippen LogP contribution in [0.25, 0.3) is 0 Å². The zero-order valence-corrected chi connectivity index (χ0v) is 12.7. The van der Waals surface area contributed by atoms with Crippen LogP contribution in [0.3, 0.4) is 0 Å². The normalized spacial score (nSPS) is 16.3. The molecule has 0 spiro atoms. The zero-order chi connectivity index (χ0) is 13.2. The third-order valence-corrected chi connectivity index (χ3v) is 4.84. The van der Waals surface area contributed by atoms with Crippen LogP contribution in [0.15, 0.2) is 27.1 Å². The summed E-state index contributed by atoms with van der Waals surface area (Å²) in [5.41, 5.74) is 0.709. The van der Waals surface area contributed by atoms with E-state index in [-0.39, 0.29) is 5.92 Å². The van der Waals surface area contributed by atoms with E-state index in [1.165, 1.54) is 0 Å². The van der Waals surface area contributed by atoms with Crippen molar-refractivity contribution in [2.75, 3.05) is 0 Å². The molecule has 0 fully saturated rings. The van der Waals surface area contributed by atoms with Crippen molar-refractivity contribution in [3.63, 3.8) is 0 Å². The van der Waals surface area contributed by atoms with Gasteiger partial charge in [0.2, 0.25) is 0 Å². The van der Waals surface area contributed by atoms with E-state index < -0.39 is 18.0 Å². The maximum atomic E-state index is 10.9. The first kappa shape index (κ1) is 14.7. The topological polar surface area (TPSA) is 57.5 Å². The largest absolute Gasteiger partial charge is 0.481 e. The van der Waals surface area contributed by atoms with Gasteiger partial charge in [0.25, 0.3) is 0 Å². The molecule has 0 saturated carbocycles. The molecule has 0 saturated heterocycles. The van der Waals surface area contributed by atoms with Gasteiger partial charge < -0.3 is 10.2 Å². The van der Waals surface area contributed by atoms with Gasteiger partial charge in [0.1, 0.15) is 0 Å². The molecule has 0 aliphatic heterocycles. The number of hydrogen-bond acceptors (Lipinski definition) is 2. The van der Waals surface area contributed by atoms with E-state index in [1.54, 1.807) is 26.0 Å². The SMILES string of the molecule is CC(C(=O)O)C(C)C(O)c1ccc(Br)c(Br)c1. The van der Waals surface area contributed by atoms with Crippen molar-refractivity contribution >= 4 is 37.8 Å². The Morgan fingerprint density at radius 2 is 1.82 bits per heavy atom. The quantitative estimate of drug-likeness (QED) is 0.856. The molecule has 1 rings (SSSR count). The van der Waals surface area contributed by atoms with Crippen LogP contribution in [0.4, 0.5) is 0 Å². The van der Waals surface area contributed by atoms with E-state index in [2.05, 4.69) is 31.9 Å². The molecule has 1 aromatic rings. The van der Waals surface area contributed by atoms with Crippen LogP contribution in [0.1, 0.15) is 25.5 Å². The van der Waals surface area contributed by atoms with Gasteiger partial charge in [0.15, 0.2) is 0 Å². The molecule has 94 valence electrons. The summed E-state index contributed by atoms with van der Waals surface area (Å²) in [7, 11) is 0. The molecule has 0 radical (unpaired) electrons. The number of carboxylic acids is 1. The number of rotatable bonds is 4. The monoisotopic (exact) mass is 364 g/mol. The summed E-state index contributed by atoms with van der Waals surface area (Å²) >= 11 is 6.70. The summed E-state index contributed by atoms with van der Waals surface area (Å²) in [5, 5.41) is 19.0. The Balaban J connectivity index is 2.92.